The second-order valence-corrected chi connectivity index (χ2v) is 5.85. The molecule has 1 N–H and O–H groups in total. The maximum atomic E-state index is 12.4. The lowest BCUT2D eigenvalue weighted by atomic mass is 10.2. The van der Waals surface area contributed by atoms with Crippen molar-refractivity contribution >= 4 is 5.91 Å². The van der Waals surface area contributed by atoms with Gasteiger partial charge in [0.2, 0.25) is 0 Å². The summed E-state index contributed by atoms with van der Waals surface area (Å²) >= 11 is 0. The number of hydrogen-bond acceptors (Lipinski definition) is 5. The van der Waals surface area contributed by atoms with Gasteiger partial charge in [0.05, 0.1) is 18.8 Å². The average Bonchev–Trinajstić information content (AvgIpc) is 3.19. The number of furan rings is 1. The normalized spacial score (nSPS) is 11.0. The zero-order valence-corrected chi connectivity index (χ0v) is 14.2. The minimum atomic E-state index is -0.294. The van der Waals surface area contributed by atoms with Gasteiger partial charge in [0, 0.05) is 11.3 Å². The topological polar surface area (TPSA) is 86.1 Å². The first-order chi connectivity index (χ1) is 11.4. The van der Waals surface area contributed by atoms with E-state index in [2.05, 4.69) is 15.6 Å². The molecule has 7 nitrogen and oxygen atoms in total. The van der Waals surface area contributed by atoms with Crippen molar-refractivity contribution in [3.8, 4) is 0 Å². The molecule has 3 aromatic rings. The average molecular weight is 328 g/mol. The van der Waals surface area contributed by atoms with Gasteiger partial charge in [-0.3, -0.25) is 9.48 Å². The van der Waals surface area contributed by atoms with E-state index in [1.165, 1.54) is 0 Å². The molecule has 0 saturated heterocycles. The van der Waals surface area contributed by atoms with Crippen LogP contribution in [0.5, 0.6) is 0 Å². The minimum absolute atomic E-state index is 0.281. The number of aryl methyl sites for hydroxylation is 4. The Kier molecular flexibility index (Phi) is 4.24. The van der Waals surface area contributed by atoms with Crippen molar-refractivity contribution in [3.63, 3.8) is 0 Å². The van der Waals surface area contributed by atoms with E-state index in [0.717, 1.165) is 22.7 Å². The van der Waals surface area contributed by atoms with Crippen LogP contribution in [0, 0.1) is 27.7 Å². The van der Waals surface area contributed by atoms with Gasteiger partial charge in [-0.25, -0.2) is 0 Å². The quantitative estimate of drug-likeness (QED) is 0.778. The van der Waals surface area contributed by atoms with Crippen LogP contribution in [-0.4, -0.2) is 20.8 Å². The largest absolute Gasteiger partial charge is 0.465 e. The molecular formula is C17H20N4O3. The van der Waals surface area contributed by atoms with Crippen LogP contribution in [-0.2, 0) is 13.1 Å². The SMILES string of the molecule is Cc1cc(C)n(Cc2c(C(=O)NCc3ccc(C)o3)noc2C)n1. The predicted molar refractivity (Wildman–Crippen MR) is 86.7 cm³/mol. The fraction of sp³-hybridized carbons (Fsp3) is 0.353. The lowest BCUT2D eigenvalue weighted by Crippen LogP contribution is -2.24. The highest BCUT2D eigenvalue weighted by molar-refractivity contribution is 5.93. The van der Waals surface area contributed by atoms with Crippen LogP contribution in [0.15, 0.2) is 27.1 Å². The smallest absolute Gasteiger partial charge is 0.274 e. The lowest BCUT2D eigenvalue weighted by Gasteiger charge is -2.06. The summed E-state index contributed by atoms with van der Waals surface area (Å²) in [7, 11) is 0. The van der Waals surface area contributed by atoms with Gasteiger partial charge in [-0.05, 0) is 45.9 Å². The summed E-state index contributed by atoms with van der Waals surface area (Å²) in [6, 6.07) is 5.68. The monoisotopic (exact) mass is 328 g/mol. The van der Waals surface area contributed by atoms with Crippen molar-refractivity contribution in [2.45, 2.75) is 40.8 Å². The molecular weight excluding hydrogens is 308 g/mol. The molecule has 0 unspecified atom stereocenters. The summed E-state index contributed by atoms with van der Waals surface area (Å²) in [6.07, 6.45) is 0. The fourth-order valence-electron chi connectivity index (χ4n) is 2.57. The molecule has 0 bridgehead atoms. The molecule has 0 atom stereocenters. The Morgan fingerprint density at radius 3 is 2.67 bits per heavy atom. The summed E-state index contributed by atoms with van der Waals surface area (Å²) in [5.74, 6) is 1.82. The molecule has 0 spiro atoms. The van der Waals surface area contributed by atoms with Crippen LogP contribution in [0.1, 0.15) is 44.7 Å². The summed E-state index contributed by atoms with van der Waals surface area (Å²) in [5.41, 5.74) is 2.96. The number of nitrogens with zero attached hydrogens (tertiary/aromatic N) is 3. The number of amides is 1. The van der Waals surface area contributed by atoms with Gasteiger partial charge in [0.1, 0.15) is 17.3 Å². The molecule has 0 aliphatic heterocycles. The Morgan fingerprint density at radius 2 is 2.04 bits per heavy atom. The van der Waals surface area contributed by atoms with Gasteiger partial charge in [-0.15, -0.1) is 0 Å². The van der Waals surface area contributed by atoms with Gasteiger partial charge in [0.25, 0.3) is 5.91 Å². The highest BCUT2D eigenvalue weighted by Crippen LogP contribution is 2.17. The Balaban J connectivity index is 1.76. The number of carbonyl (C=O) groups excluding carboxylic acids is 1. The summed E-state index contributed by atoms with van der Waals surface area (Å²) in [6.45, 7) is 8.31. The van der Waals surface area contributed by atoms with Gasteiger partial charge < -0.3 is 14.3 Å². The zero-order valence-electron chi connectivity index (χ0n) is 14.2. The van der Waals surface area contributed by atoms with E-state index in [-0.39, 0.29) is 11.6 Å². The number of aromatic nitrogens is 3. The first kappa shape index (κ1) is 16.0. The van der Waals surface area contributed by atoms with Crippen molar-refractivity contribution < 1.29 is 13.7 Å². The number of nitrogens with one attached hydrogen (secondary N) is 1. The Labute approximate surface area is 139 Å². The predicted octanol–water partition coefficient (Wildman–Crippen LogP) is 2.68. The summed E-state index contributed by atoms with van der Waals surface area (Å²) in [5, 5.41) is 11.1. The van der Waals surface area contributed by atoms with Crippen molar-refractivity contribution in [1.29, 1.82) is 0 Å². The Hall–Kier alpha value is -2.83. The van der Waals surface area contributed by atoms with Gasteiger partial charge in [-0.1, -0.05) is 5.16 Å². The molecule has 1 amide bonds. The first-order valence-corrected chi connectivity index (χ1v) is 7.73. The lowest BCUT2D eigenvalue weighted by molar-refractivity contribution is 0.0938. The van der Waals surface area contributed by atoms with Crippen LogP contribution in [0.2, 0.25) is 0 Å². The molecule has 3 rings (SSSR count). The van der Waals surface area contributed by atoms with Crippen LogP contribution in [0.25, 0.3) is 0 Å². The molecule has 0 saturated carbocycles. The number of hydrogen-bond donors (Lipinski definition) is 1. The van der Waals surface area contributed by atoms with Crippen molar-refractivity contribution in [2.24, 2.45) is 0 Å². The fourth-order valence-corrected chi connectivity index (χ4v) is 2.57. The van der Waals surface area contributed by atoms with Crippen LogP contribution >= 0.6 is 0 Å². The molecule has 0 aliphatic carbocycles. The molecule has 3 heterocycles. The molecule has 0 fully saturated rings. The molecule has 7 heteroatoms. The molecule has 0 aliphatic rings. The van der Waals surface area contributed by atoms with E-state index in [1.807, 2.05) is 43.7 Å². The van der Waals surface area contributed by atoms with Gasteiger partial charge in [-0.2, -0.15) is 5.10 Å². The Morgan fingerprint density at radius 1 is 1.25 bits per heavy atom. The van der Waals surface area contributed by atoms with E-state index in [0.29, 0.717) is 24.6 Å². The van der Waals surface area contributed by atoms with E-state index in [4.69, 9.17) is 8.94 Å². The van der Waals surface area contributed by atoms with E-state index in [1.54, 1.807) is 6.92 Å². The van der Waals surface area contributed by atoms with Gasteiger partial charge >= 0.3 is 0 Å². The molecule has 126 valence electrons. The second-order valence-electron chi connectivity index (χ2n) is 5.85. The number of rotatable bonds is 5. The third-order valence-electron chi connectivity index (χ3n) is 3.83. The van der Waals surface area contributed by atoms with Crippen molar-refractivity contribution in [1.82, 2.24) is 20.3 Å². The maximum Gasteiger partial charge on any atom is 0.274 e. The third kappa shape index (κ3) is 3.24. The zero-order chi connectivity index (χ0) is 17.3. The highest BCUT2D eigenvalue weighted by Gasteiger charge is 2.21. The number of carbonyl (C=O) groups is 1. The third-order valence-corrected chi connectivity index (χ3v) is 3.83. The van der Waals surface area contributed by atoms with E-state index in [9.17, 15) is 4.79 Å². The highest BCUT2D eigenvalue weighted by atomic mass is 16.5. The van der Waals surface area contributed by atoms with Gasteiger partial charge in [0.15, 0.2) is 5.69 Å². The standard InChI is InChI=1S/C17H20N4O3/c1-10-7-11(2)21(19-10)9-15-13(4)24-20-16(15)17(22)18-8-14-6-5-12(3)23-14/h5-7H,8-9H2,1-4H3,(H,18,22). The van der Waals surface area contributed by atoms with E-state index < -0.39 is 0 Å². The van der Waals surface area contributed by atoms with Crippen molar-refractivity contribution in [2.75, 3.05) is 0 Å². The van der Waals surface area contributed by atoms with Crippen LogP contribution < -0.4 is 5.32 Å². The summed E-state index contributed by atoms with van der Waals surface area (Å²) < 4.78 is 12.5. The van der Waals surface area contributed by atoms with Crippen LogP contribution in [0.3, 0.4) is 0 Å². The first-order valence-electron chi connectivity index (χ1n) is 7.73. The minimum Gasteiger partial charge on any atom is -0.465 e. The maximum absolute atomic E-state index is 12.4. The Bertz CT molecular complexity index is 872. The summed E-state index contributed by atoms with van der Waals surface area (Å²) in [4.78, 5) is 12.4. The molecule has 0 aromatic carbocycles. The van der Waals surface area contributed by atoms with E-state index >= 15 is 0 Å². The molecule has 0 radical (unpaired) electrons. The molecule has 3 aromatic heterocycles. The van der Waals surface area contributed by atoms with Crippen molar-refractivity contribution in [3.05, 3.63) is 58.1 Å². The van der Waals surface area contributed by atoms with Crippen LogP contribution in [0.4, 0.5) is 0 Å². The second kappa shape index (κ2) is 6.35. The molecule has 24 heavy (non-hydrogen) atoms.